The van der Waals surface area contributed by atoms with Crippen LogP contribution in [-0.4, -0.2) is 0 Å². The summed E-state index contributed by atoms with van der Waals surface area (Å²) in [7, 11) is 0. The summed E-state index contributed by atoms with van der Waals surface area (Å²) < 4.78 is 0. The lowest BCUT2D eigenvalue weighted by Gasteiger charge is -2.40. The molecule has 0 heterocycles. The van der Waals surface area contributed by atoms with Gasteiger partial charge >= 0.3 is 0 Å². The molecule has 0 aromatic carbocycles. The Bertz CT molecular complexity index is 167. The highest BCUT2D eigenvalue weighted by Crippen LogP contribution is 2.43. The predicted octanol–water partition coefficient (Wildman–Crippen LogP) is 5.67. The molecule has 16 heavy (non-hydrogen) atoms. The quantitative estimate of drug-likeness (QED) is 0.498. The van der Waals surface area contributed by atoms with Gasteiger partial charge in [-0.25, -0.2) is 0 Å². The van der Waals surface area contributed by atoms with Crippen LogP contribution in [0.3, 0.4) is 0 Å². The second kappa shape index (κ2) is 7.35. The Morgan fingerprint density at radius 1 is 1.06 bits per heavy atom. The molecule has 0 amide bonds. The van der Waals surface area contributed by atoms with Crippen molar-refractivity contribution in [2.45, 2.75) is 79.1 Å². The highest BCUT2D eigenvalue weighted by molar-refractivity contribution is 4.83. The summed E-state index contributed by atoms with van der Waals surface area (Å²) in [4.78, 5) is 0. The van der Waals surface area contributed by atoms with E-state index in [4.69, 9.17) is 0 Å². The smallest absolute Gasteiger partial charge is 0.0383 e. The predicted molar refractivity (Wildman–Crippen MR) is 73.6 cm³/mol. The normalized spacial score (nSPS) is 28.5. The Morgan fingerprint density at radius 2 is 1.75 bits per heavy atom. The van der Waals surface area contributed by atoms with Crippen molar-refractivity contribution in [1.82, 2.24) is 0 Å². The summed E-state index contributed by atoms with van der Waals surface area (Å²) in [6, 6.07) is 0. The van der Waals surface area contributed by atoms with E-state index in [1.54, 1.807) is 12.8 Å². The first kappa shape index (κ1) is 14.1. The van der Waals surface area contributed by atoms with Gasteiger partial charge in [0.15, 0.2) is 0 Å². The topological polar surface area (TPSA) is 0 Å². The van der Waals surface area contributed by atoms with Gasteiger partial charge in [-0.15, -0.1) is 0 Å². The molecule has 1 aliphatic rings. The molecule has 2 unspecified atom stereocenters. The molecule has 0 heteroatoms. The van der Waals surface area contributed by atoms with Gasteiger partial charge in [0.2, 0.25) is 0 Å². The second-order valence-corrected chi connectivity index (χ2v) is 6.35. The maximum Gasteiger partial charge on any atom is -0.0383 e. The number of hydrogen-bond donors (Lipinski definition) is 0. The summed E-state index contributed by atoms with van der Waals surface area (Å²) in [6.07, 6.45) is 11.7. The minimum absolute atomic E-state index is 0.953. The molecule has 0 bridgehead atoms. The maximum absolute atomic E-state index is 2.49. The lowest BCUT2D eigenvalue weighted by Crippen LogP contribution is -2.29. The fraction of sp³-hybridized carbons (Fsp3) is 1.00. The molecule has 0 saturated heterocycles. The minimum Gasteiger partial charge on any atom is -0.0654 e. The molecule has 1 aliphatic carbocycles. The third-order valence-electron chi connectivity index (χ3n) is 4.60. The van der Waals surface area contributed by atoms with Crippen LogP contribution < -0.4 is 0 Å². The van der Waals surface area contributed by atoms with Crippen molar-refractivity contribution < 1.29 is 0 Å². The lowest BCUT2D eigenvalue weighted by atomic mass is 9.66. The highest BCUT2D eigenvalue weighted by atomic mass is 14.4. The molecule has 1 rings (SSSR count). The van der Waals surface area contributed by atoms with Gasteiger partial charge in [-0.2, -0.15) is 0 Å². The van der Waals surface area contributed by atoms with Gasteiger partial charge in [0.05, 0.1) is 0 Å². The third kappa shape index (κ3) is 4.47. The first-order valence-electron chi connectivity index (χ1n) is 7.67. The zero-order valence-electron chi connectivity index (χ0n) is 12.0. The van der Waals surface area contributed by atoms with E-state index in [-0.39, 0.29) is 0 Å². The van der Waals surface area contributed by atoms with Crippen molar-refractivity contribution in [2.24, 2.45) is 23.7 Å². The van der Waals surface area contributed by atoms with Crippen molar-refractivity contribution in [3.8, 4) is 0 Å². The van der Waals surface area contributed by atoms with E-state index in [1.807, 2.05) is 0 Å². The molecule has 0 aromatic rings. The van der Waals surface area contributed by atoms with Crippen molar-refractivity contribution >= 4 is 0 Å². The first-order valence-corrected chi connectivity index (χ1v) is 7.67. The summed E-state index contributed by atoms with van der Waals surface area (Å²) in [5.41, 5.74) is 0. The molecule has 0 nitrogen and oxygen atoms in total. The molecule has 2 atom stereocenters. The molecule has 0 aromatic heterocycles. The largest absolute Gasteiger partial charge is 0.0654 e. The highest BCUT2D eigenvalue weighted by Gasteiger charge is 2.32. The minimum atomic E-state index is 0.953. The average molecular weight is 224 g/mol. The zero-order chi connectivity index (χ0) is 12.0. The average Bonchev–Trinajstić information content (AvgIpc) is 2.15. The van der Waals surface area contributed by atoms with Crippen LogP contribution in [-0.2, 0) is 0 Å². The Hall–Kier alpha value is 0. The summed E-state index contributed by atoms with van der Waals surface area (Å²) in [5.74, 6) is 4.10. The van der Waals surface area contributed by atoms with E-state index >= 15 is 0 Å². The Balaban J connectivity index is 2.09. The summed E-state index contributed by atoms with van der Waals surface area (Å²) in [5, 5.41) is 0. The van der Waals surface area contributed by atoms with Crippen molar-refractivity contribution in [3.63, 3.8) is 0 Å². The van der Waals surface area contributed by atoms with Crippen LogP contribution in [0.4, 0.5) is 0 Å². The molecule has 0 radical (unpaired) electrons. The van der Waals surface area contributed by atoms with Gasteiger partial charge in [-0.1, -0.05) is 59.8 Å². The van der Waals surface area contributed by atoms with Crippen LogP contribution in [0.15, 0.2) is 0 Å². The molecule has 0 spiro atoms. The Kier molecular flexibility index (Phi) is 6.46. The monoisotopic (exact) mass is 224 g/mol. The van der Waals surface area contributed by atoms with Crippen LogP contribution >= 0.6 is 0 Å². The molecular formula is C16H32. The van der Waals surface area contributed by atoms with Crippen molar-refractivity contribution in [2.75, 3.05) is 0 Å². The molecule has 0 N–H and O–H groups in total. The number of unbranched alkanes of at least 4 members (excludes halogenated alkanes) is 1. The van der Waals surface area contributed by atoms with Crippen LogP contribution in [0.1, 0.15) is 79.1 Å². The summed E-state index contributed by atoms with van der Waals surface area (Å²) >= 11 is 0. The Labute approximate surface area is 103 Å². The van der Waals surface area contributed by atoms with Gasteiger partial charge in [0.1, 0.15) is 0 Å². The van der Waals surface area contributed by atoms with Crippen LogP contribution in [0.2, 0.25) is 0 Å². The fourth-order valence-electron chi connectivity index (χ4n) is 3.42. The standard InChI is InChI=1S/C16H32/c1-5-7-9-15-11-16(12-15)14(4)10-13(3)8-6-2/h13-16H,5-12H2,1-4H3. The van der Waals surface area contributed by atoms with Crippen LogP contribution in [0, 0.1) is 23.7 Å². The van der Waals surface area contributed by atoms with Gasteiger partial charge in [0, 0.05) is 0 Å². The zero-order valence-corrected chi connectivity index (χ0v) is 12.0. The van der Waals surface area contributed by atoms with Crippen LogP contribution in [0.5, 0.6) is 0 Å². The maximum atomic E-state index is 2.49. The van der Waals surface area contributed by atoms with E-state index in [2.05, 4.69) is 27.7 Å². The van der Waals surface area contributed by atoms with E-state index in [0.29, 0.717) is 0 Å². The molecule has 1 saturated carbocycles. The Morgan fingerprint density at radius 3 is 2.31 bits per heavy atom. The van der Waals surface area contributed by atoms with E-state index < -0.39 is 0 Å². The summed E-state index contributed by atoms with van der Waals surface area (Å²) in [6.45, 7) is 9.55. The van der Waals surface area contributed by atoms with Gasteiger partial charge in [-0.3, -0.25) is 0 Å². The molecule has 96 valence electrons. The fourth-order valence-corrected chi connectivity index (χ4v) is 3.42. The molecule has 1 fully saturated rings. The van der Waals surface area contributed by atoms with Crippen LogP contribution in [0.25, 0.3) is 0 Å². The van der Waals surface area contributed by atoms with Gasteiger partial charge in [-0.05, 0) is 42.9 Å². The van der Waals surface area contributed by atoms with Gasteiger partial charge < -0.3 is 0 Å². The van der Waals surface area contributed by atoms with Gasteiger partial charge in [0.25, 0.3) is 0 Å². The molecular weight excluding hydrogens is 192 g/mol. The van der Waals surface area contributed by atoms with E-state index in [9.17, 15) is 0 Å². The van der Waals surface area contributed by atoms with Crippen molar-refractivity contribution in [3.05, 3.63) is 0 Å². The number of rotatable bonds is 8. The van der Waals surface area contributed by atoms with Crippen molar-refractivity contribution in [1.29, 1.82) is 0 Å². The SMILES string of the molecule is CCCCC1CC(C(C)CC(C)CCC)C1. The second-order valence-electron chi connectivity index (χ2n) is 6.35. The first-order chi connectivity index (χ1) is 7.67. The molecule has 0 aliphatic heterocycles. The third-order valence-corrected chi connectivity index (χ3v) is 4.60. The number of hydrogen-bond acceptors (Lipinski definition) is 0. The lowest BCUT2D eigenvalue weighted by molar-refractivity contribution is 0.108. The van der Waals surface area contributed by atoms with E-state index in [1.165, 1.54) is 38.5 Å². The van der Waals surface area contributed by atoms with E-state index in [0.717, 1.165) is 23.7 Å².